The van der Waals surface area contributed by atoms with Crippen molar-refractivity contribution < 1.29 is 4.74 Å². The van der Waals surface area contributed by atoms with Gasteiger partial charge in [0, 0.05) is 18.1 Å². The summed E-state index contributed by atoms with van der Waals surface area (Å²) < 4.78 is 5.87. The Hall–Kier alpha value is -2.39. The lowest BCUT2D eigenvalue weighted by atomic mass is 10.1. The molecule has 0 amide bonds. The summed E-state index contributed by atoms with van der Waals surface area (Å²) in [6, 6.07) is 17.6. The van der Waals surface area contributed by atoms with E-state index >= 15 is 0 Å². The van der Waals surface area contributed by atoms with Gasteiger partial charge in [0.1, 0.15) is 11.3 Å². The molecule has 0 saturated carbocycles. The van der Waals surface area contributed by atoms with Crippen molar-refractivity contribution >= 4 is 10.9 Å². The first-order valence-electron chi connectivity index (χ1n) is 6.17. The van der Waals surface area contributed by atoms with E-state index in [2.05, 4.69) is 4.98 Å². The van der Waals surface area contributed by atoms with Crippen LogP contribution in [0.25, 0.3) is 10.9 Å². The molecule has 3 nitrogen and oxygen atoms in total. The van der Waals surface area contributed by atoms with Crippen molar-refractivity contribution in [2.45, 2.75) is 6.54 Å². The molecule has 0 spiro atoms. The maximum Gasteiger partial charge on any atom is 0.153 e. The number of hydrogen-bond donors (Lipinski definition) is 1. The largest absolute Gasteiger partial charge is 0.455 e. The fraction of sp³-hybridized carbons (Fsp3) is 0.0625. The standard InChI is InChI=1S/C16H14N2O/c17-10-12-9-13-5-4-8-15(16(13)18-11-12)19-14-6-2-1-3-7-14/h1-9,11H,10,17H2. The Labute approximate surface area is 111 Å². The molecule has 3 heteroatoms. The number of benzene rings is 2. The molecule has 0 atom stereocenters. The van der Waals surface area contributed by atoms with Gasteiger partial charge in [0.25, 0.3) is 0 Å². The molecule has 1 heterocycles. The SMILES string of the molecule is NCc1cnc2c(Oc3ccccc3)cccc2c1. The lowest BCUT2D eigenvalue weighted by molar-refractivity contribution is 0.487. The zero-order valence-electron chi connectivity index (χ0n) is 10.4. The van der Waals surface area contributed by atoms with Gasteiger partial charge in [-0.3, -0.25) is 4.98 Å². The zero-order chi connectivity index (χ0) is 13.1. The van der Waals surface area contributed by atoms with Crippen molar-refractivity contribution in [1.82, 2.24) is 4.98 Å². The normalized spacial score (nSPS) is 10.6. The highest BCUT2D eigenvalue weighted by Gasteiger charge is 2.05. The van der Waals surface area contributed by atoms with Gasteiger partial charge in [-0.2, -0.15) is 0 Å². The fourth-order valence-electron chi connectivity index (χ4n) is 1.99. The number of fused-ring (bicyclic) bond motifs is 1. The molecule has 19 heavy (non-hydrogen) atoms. The van der Waals surface area contributed by atoms with Gasteiger partial charge in [-0.1, -0.05) is 30.3 Å². The maximum absolute atomic E-state index is 5.87. The van der Waals surface area contributed by atoms with Crippen molar-refractivity contribution in [3.63, 3.8) is 0 Å². The van der Waals surface area contributed by atoms with Crippen LogP contribution in [-0.4, -0.2) is 4.98 Å². The van der Waals surface area contributed by atoms with Crippen molar-refractivity contribution in [3.8, 4) is 11.5 Å². The second-order valence-electron chi connectivity index (χ2n) is 4.29. The van der Waals surface area contributed by atoms with E-state index in [9.17, 15) is 0 Å². The molecular weight excluding hydrogens is 236 g/mol. The molecule has 3 rings (SSSR count). The van der Waals surface area contributed by atoms with E-state index in [1.807, 2.05) is 54.6 Å². The Balaban J connectivity index is 2.04. The number of ether oxygens (including phenoxy) is 1. The summed E-state index contributed by atoms with van der Waals surface area (Å²) in [5, 5.41) is 1.04. The predicted molar refractivity (Wildman–Crippen MR) is 76.2 cm³/mol. The third-order valence-electron chi connectivity index (χ3n) is 2.94. The summed E-state index contributed by atoms with van der Waals surface area (Å²) in [5.41, 5.74) is 7.50. The number of nitrogens with zero attached hydrogens (tertiary/aromatic N) is 1. The van der Waals surface area contributed by atoms with E-state index in [4.69, 9.17) is 10.5 Å². The second-order valence-corrected chi connectivity index (χ2v) is 4.29. The molecule has 94 valence electrons. The van der Waals surface area contributed by atoms with Crippen LogP contribution in [0.5, 0.6) is 11.5 Å². The third kappa shape index (κ3) is 2.41. The van der Waals surface area contributed by atoms with Gasteiger partial charge in [0.05, 0.1) is 0 Å². The highest BCUT2D eigenvalue weighted by atomic mass is 16.5. The highest BCUT2D eigenvalue weighted by molar-refractivity contribution is 5.85. The number of hydrogen-bond acceptors (Lipinski definition) is 3. The quantitative estimate of drug-likeness (QED) is 0.774. The van der Waals surface area contributed by atoms with Crippen LogP contribution in [0.2, 0.25) is 0 Å². The van der Waals surface area contributed by atoms with Crippen molar-refractivity contribution in [3.05, 3.63) is 66.4 Å². The first kappa shape index (κ1) is 11.7. The van der Waals surface area contributed by atoms with E-state index < -0.39 is 0 Å². The van der Waals surface area contributed by atoms with E-state index in [1.54, 1.807) is 6.20 Å². The lowest BCUT2D eigenvalue weighted by Crippen LogP contribution is -1.97. The van der Waals surface area contributed by atoms with E-state index in [1.165, 1.54) is 0 Å². The second kappa shape index (κ2) is 5.08. The molecule has 0 aliphatic carbocycles. The molecule has 2 aromatic carbocycles. The maximum atomic E-state index is 5.87. The molecule has 3 aromatic rings. The van der Waals surface area contributed by atoms with Crippen molar-refractivity contribution in [2.24, 2.45) is 5.73 Å². The smallest absolute Gasteiger partial charge is 0.153 e. The van der Waals surface area contributed by atoms with Gasteiger partial charge in [-0.25, -0.2) is 0 Å². The Bertz CT molecular complexity index is 695. The summed E-state index contributed by atoms with van der Waals surface area (Å²) in [4.78, 5) is 4.44. The zero-order valence-corrected chi connectivity index (χ0v) is 10.4. The monoisotopic (exact) mass is 250 g/mol. The summed E-state index contributed by atoms with van der Waals surface area (Å²) in [6.45, 7) is 0.493. The van der Waals surface area contributed by atoms with Crippen LogP contribution in [0.15, 0.2) is 60.8 Å². The first-order valence-corrected chi connectivity index (χ1v) is 6.17. The number of nitrogens with two attached hydrogens (primary N) is 1. The van der Waals surface area contributed by atoms with Gasteiger partial charge in [0.2, 0.25) is 0 Å². The highest BCUT2D eigenvalue weighted by Crippen LogP contribution is 2.28. The van der Waals surface area contributed by atoms with Crippen LogP contribution in [0.4, 0.5) is 0 Å². The average molecular weight is 250 g/mol. The van der Waals surface area contributed by atoms with Crippen LogP contribution < -0.4 is 10.5 Å². The molecule has 1 aromatic heterocycles. The minimum Gasteiger partial charge on any atom is -0.455 e. The summed E-state index contributed by atoms with van der Waals surface area (Å²) in [5.74, 6) is 1.56. The molecule has 0 saturated heterocycles. The average Bonchev–Trinajstić information content (AvgIpc) is 2.48. The van der Waals surface area contributed by atoms with Crippen LogP contribution >= 0.6 is 0 Å². The molecule has 0 unspecified atom stereocenters. The van der Waals surface area contributed by atoms with Crippen LogP contribution in [0, 0.1) is 0 Å². The third-order valence-corrected chi connectivity index (χ3v) is 2.94. The van der Waals surface area contributed by atoms with Gasteiger partial charge in [0.15, 0.2) is 5.75 Å². The van der Waals surface area contributed by atoms with Gasteiger partial charge >= 0.3 is 0 Å². The Morgan fingerprint density at radius 1 is 1.00 bits per heavy atom. The molecule has 0 radical (unpaired) electrons. The number of pyridine rings is 1. The fourth-order valence-corrected chi connectivity index (χ4v) is 1.99. The lowest BCUT2D eigenvalue weighted by Gasteiger charge is -2.08. The molecule has 0 fully saturated rings. The first-order chi connectivity index (χ1) is 9.36. The summed E-state index contributed by atoms with van der Waals surface area (Å²) >= 11 is 0. The summed E-state index contributed by atoms with van der Waals surface area (Å²) in [7, 11) is 0. The van der Waals surface area contributed by atoms with Crippen molar-refractivity contribution in [1.29, 1.82) is 0 Å². The molecular formula is C16H14N2O. The minimum absolute atomic E-state index is 0.493. The topological polar surface area (TPSA) is 48.1 Å². The minimum atomic E-state index is 0.493. The van der Waals surface area contributed by atoms with E-state index in [0.717, 1.165) is 28.0 Å². The van der Waals surface area contributed by atoms with E-state index in [0.29, 0.717) is 6.54 Å². The van der Waals surface area contributed by atoms with Gasteiger partial charge < -0.3 is 10.5 Å². The number of para-hydroxylation sites is 2. The van der Waals surface area contributed by atoms with E-state index in [-0.39, 0.29) is 0 Å². The van der Waals surface area contributed by atoms with Crippen LogP contribution in [-0.2, 0) is 6.54 Å². The Morgan fingerprint density at radius 3 is 2.63 bits per heavy atom. The predicted octanol–water partition coefficient (Wildman–Crippen LogP) is 3.49. The van der Waals surface area contributed by atoms with Crippen LogP contribution in [0.1, 0.15) is 5.56 Å². The number of aromatic nitrogens is 1. The van der Waals surface area contributed by atoms with Crippen molar-refractivity contribution in [2.75, 3.05) is 0 Å². The Kier molecular flexibility index (Phi) is 3.12. The van der Waals surface area contributed by atoms with Crippen LogP contribution in [0.3, 0.4) is 0 Å². The van der Waals surface area contributed by atoms with Gasteiger partial charge in [-0.15, -0.1) is 0 Å². The Morgan fingerprint density at radius 2 is 1.84 bits per heavy atom. The molecule has 0 bridgehead atoms. The number of rotatable bonds is 3. The van der Waals surface area contributed by atoms with Gasteiger partial charge in [-0.05, 0) is 29.8 Å². The molecule has 0 aliphatic rings. The molecule has 0 aliphatic heterocycles. The summed E-state index contributed by atoms with van der Waals surface area (Å²) in [6.07, 6.45) is 1.79. The molecule has 2 N–H and O–H groups in total.